The second-order valence-corrected chi connectivity index (χ2v) is 7.16. The lowest BCUT2D eigenvalue weighted by Crippen LogP contribution is -2.47. The maximum Gasteiger partial charge on any atom is 0.239 e. The van der Waals surface area contributed by atoms with Crippen LogP contribution in [0, 0.1) is 5.92 Å². The molecular formula is C17H22BrN3O2. The van der Waals surface area contributed by atoms with E-state index in [4.69, 9.17) is 0 Å². The van der Waals surface area contributed by atoms with Crippen LogP contribution in [0.25, 0.3) is 0 Å². The van der Waals surface area contributed by atoms with Crippen LogP contribution in [-0.2, 0) is 9.59 Å². The number of piperidine rings is 1. The molecular weight excluding hydrogens is 358 g/mol. The summed E-state index contributed by atoms with van der Waals surface area (Å²) in [5.41, 5.74) is 0.851. The highest BCUT2D eigenvalue weighted by Crippen LogP contribution is 2.29. The fraction of sp³-hybridized carbons (Fsp3) is 0.529. The van der Waals surface area contributed by atoms with Gasteiger partial charge in [0.2, 0.25) is 11.8 Å². The minimum Gasteiger partial charge on any atom is -0.342 e. The van der Waals surface area contributed by atoms with Gasteiger partial charge in [0, 0.05) is 29.8 Å². The molecule has 1 aromatic rings. The van der Waals surface area contributed by atoms with E-state index in [0.717, 1.165) is 36.1 Å². The summed E-state index contributed by atoms with van der Waals surface area (Å²) in [6.07, 6.45) is 2.51. The van der Waals surface area contributed by atoms with Crippen molar-refractivity contribution in [2.75, 3.05) is 31.6 Å². The molecule has 0 aromatic heterocycles. The van der Waals surface area contributed by atoms with Crippen LogP contribution in [-0.4, -0.2) is 49.4 Å². The third kappa shape index (κ3) is 3.43. The number of anilines is 1. The average Bonchev–Trinajstić information content (AvgIpc) is 2.96. The Morgan fingerprint density at radius 3 is 2.74 bits per heavy atom. The van der Waals surface area contributed by atoms with Crippen molar-refractivity contribution in [3.8, 4) is 0 Å². The van der Waals surface area contributed by atoms with Gasteiger partial charge in [-0.3, -0.25) is 9.59 Å². The Kier molecular flexibility index (Phi) is 5.02. The third-order valence-electron chi connectivity index (χ3n) is 4.83. The van der Waals surface area contributed by atoms with Crippen LogP contribution >= 0.6 is 15.9 Å². The van der Waals surface area contributed by atoms with Crippen molar-refractivity contribution < 1.29 is 9.59 Å². The summed E-state index contributed by atoms with van der Waals surface area (Å²) in [4.78, 5) is 29.0. The number of carbonyl (C=O) groups excluding carboxylic acids is 2. The van der Waals surface area contributed by atoms with E-state index in [9.17, 15) is 9.59 Å². The van der Waals surface area contributed by atoms with E-state index >= 15 is 0 Å². The van der Waals surface area contributed by atoms with Crippen LogP contribution in [0.1, 0.15) is 19.3 Å². The van der Waals surface area contributed by atoms with Crippen molar-refractivity contribution >= 4 is 33.4 Å². The van der Waals surface area contributed by atoms with Crippen LogP contribution in [0.3, 0.4) is 0 Å². The molecule has 0 bridgehead atoms. The summed E-state index contributed by atoms with van der Waals surface area (Å²) in [7, 11) is 1.84. The van der Waals surface area contributed by atoms with Gasteiger partial charge in [0.15, 0.2) is 0 Å². The number of nitrogens with zero attached hydrogens (tertiary/aromatic N) is 2. The lowest BCUT2D eigenvalue weighted by atomic mass is 10.0. The summed E-state index contributed by atoms with van der Waals surface area (Å²) < 4.78 is 0.935. The number of nitrogens with one attached hydrogen (secondary N) is 1. The van der Waals surface area contributed by atoms with Crippen LogP contribution in [0.4, 0.5) is 5.69 Å². The minimum atomic E-state index is -0.533. The van der Waals surface area contributed by atoms with E-state index in [0.29, 0.717) is 13.0 Å². The zero-order valence-corrected chi connectivity index (χ0v) is 14.9. The van der Waals surface area contributed by atoms with Gasteiger partial charge in [-0.2, -0.15) is 0 Å². The number of benzene rings is 1. The SMILES string of the molecule is CN(C(=O)C1CCN(c2cccc(Br)c2)C1=O)C1CCNCC1. The van der Waals surface area contributed by atoms with Crippen molar-refractivity contribution in [1.82, 2.24) is 10.2 Å². The van der Waals surface area contributed by atoms with E-state index in [1.807, 2.05) is 31.3 Å². The average molecular weight is 380 g/mol. The first-order chi connectivity index (χ1) is 11.1. The van der Waals surface area contributed by atoms with Gasteiger partial charge < -0.3 is 15.1 Å². The number of rotatable bonds is 3. The molecule has 1 N–H and O–H groups in total. The maximum atomic E-state index is 12.7. The summed E-state index contributed by atoms with van der Waals surface area (Å²) >= 11 is 3.43. The second kappa shape index (κ2) is 7.01. The topological polar surface area (TPSA) is 52.7 Å². The largest absolute Gasteiger partial charge is 0.342 e. The van der Waals surface area contributed by atoms with Crippen LogP contribution < -0.4 is 10.2 Å². The van der Waals surface area contributed by atoms with Gasteiger partial charge in [-0.15, -0.1) is 0 Å². The van der Waals surface area contributed by atoms with Crippen LogP contribution in [0.15, 0.2) is 28.7 Å². The zero-order chi connectivity index (χ0) is 16.4. The molecule has 1 aromatic carbocycles. The summed E-state index contributed by atoms with van der Waals surface area (Å²) in [6, 6.07) is 7.91. The Labute approximate surface area is 145 Å². The lowest BCUT2D eigenvalue weighted by molar-refractivity contribution is -0.140. The zero-order valence-electron chi connectivity index (χ0n) is 13.3. The van der Waals surface area contributed by atoms with Crippen molar-refractivity contribution in [3.63, 3.8) is 0 Å². The molecule has 124 valence electrons. The van der Waals surface area contributed by atoms with Gasteiger partial charge in [0.1, 0.15) is 5.92 Å². The Hall–Kier alpha value is -1.40. The first-order valence-electron chi connectivity index (χ1n) is 8.12. The normalized spacial score (nSPS) is 22.4. The molecule has 1 atom stereocenters. The molecule has 0 radical (unpaired) electrons. The van der Waals surface area contributed by atoms with Gasteiger partial charge in [-0.25, -0.2) is 0 Å². The van der Waals surface area contributed by atoms with E-state index < -0.39 is 5.92 Å². The van der Waals surface area contributed by atoms with Gasteiger partial charge >= 0.3 is 0 Å². The second-order valence-electron chi connectivity index (χ2n) is 6.24. The molecule has 3 rings (SSSR count). The highest BCUT2D eigenvalue weighted by Gasteiger charge is 2.40. The van der Waals surface area contributed by atoms with Crippen LogP contribution in [0.2, 0.25) is 0 Å². The van der Waals surface area contributed by atoms with Gasteiger partial charge in [-0.05, 0) is 50.6 Å². The lowest BCUT2D eigenvalue weighted by Gasteiger charge is -2.33. The summed E-state index contributed by atoms with van der Waals surface area (Å²) in [5, 5.41) is 3.30. The third-order valence-corrected chi connectivity index (χ3v) is 5.32. The monoisotopic (exact) mass is 379 g/mol. The van der Waals surface area contributed by atoms with E-state index in [2.05, 4.69) is 21.2 Å². The van der Waals surface area contributed by atoms with Gasteiger partial charge in [0.25, 0.3) is 0 Å². The fourth-order valence-electron chi connectivity index (χ4n) is 3.43. The number of amides is 2. The van der Waals surface area contributed by atoms with Gasteiger partial charge in [0.05, 0.1) is 0 Å². The summed E-state index contributed by atoms with van der Waals surface area (Å²) in [6.45, 7) is 2.47. The van der Waals surface area contributed by atoms with Crippen LogP contribution in [0.5, 0.6) is 0 Å². The minimum absolute atomic E-state index is 0.0283. The molecule has 2 amide bonds. The molecule has 0 spiro atoms. The van der Waals surface area contributed by atoms with Crippen molar-refractivity contribution in [2.24, 2.45) is 5.92 Å². The number of carbonyl (C=O) groups is 2. The molecule has 2 saturated heterocycles. The molecule has 2 heterocycles. The van der Waals surface area contributed by atoms with E-state index in [-0.39, 0.29) is 17.9 Å². The Balaban J connectivity index is 1.69. The highest BCUT2D eigenvalue weighted by atomic mass is 79.9. The number of hydrogen-bond acceptors (Lipinski definition) is 3. The van der Waals surface area contributed by atoms with Crippen molar-refractivity contribution in [2.45, 2.75) is 25.3 Å². The highest BCUT2D eigenvalue weighted by molar-refractivity contribution is 9.10. The molecule has 6 heteroatoms. The first kappa shape index (κ1) is 16.5. The van der Waals surface area contributed by atoms with Crippen molar-refractivity contribution in [3.05, 3.63) is 28.7 Å². The molecule has 2 aliphatic rings. The molecule has 0 aliphatic carbocycles. The molecule has 5 nitrogen and oxygen atoms in total. The number of hydrogen-bond donors (Lipinski definition) is 1. The predicted molar refractivity (Wildman–Crippen MR) is 93.3 cm³/mol. The molecule has 2 fully saturated rings. The molecule has 0 saturated carbocycles. The molecule has 1 unspecified atom stereocenters. The standard InChI is InChI=1S/C17H22BrN3O2/c1-20(13-5-8-19-9-6-13)16(22)15-7-10-21(17(15)23)14-4-2-3-12(18)11-14/h2-4,11,13,15,19H,5-10H2,1H3. The maximum absolute atomic E-state index is 12.7. The predicted octanol–water partition coefficient (Wildman–Crippen LogP) is 2.01. The number of halogens is 1. The molecule has 23 heavy (non-hydrogen) atoms. The Bertz CT molecular complexity index is 601. The van der Waals surface area contributed by atoms with E-state index in [1.165, 1.54) is 0 Å². The van der Waals surface area contributed by atoms with Gasteiger partial charge in [-0.1, -0.05) is 22.0 Å². The fourth-order valence-corrected chi connectivity index (χ4v) is 3.82. The first-order valence-corrected chi connectivity index (χ1v) is 8.91. The smallest absolute Gasteiger partial charge is 0.239 e. The Morgan fingerprint density at radius 1 is 1.30 bits per heavy atom. The summed E-state index contributed by atoms with van der Waals surface area (Å²) in [5.74, 6) is -0.637. The Morgan fingerprint density at radius 2 is 2.04 bits per heavy atom. The quantitative estimate of drug-likeness (QED) is 0.817. The van der Waals surface area contributed by atoms with Crippen molar-refractivity contribution in [1.29, 1.82) is 0 Å². The molecule has 2 aliphatic heterocycles. The van der Waals surface area contributed by atoms with E-state index in [1.54, 1.807) is 9.80 Å².